The van der Waals surface area contributed by atoms with Crippen LogP contribution in [0.25, 0.3) is 0 Å². The van der Waals surface area contributed by atoms with Gasteiger partial charge in [0.25, 0.3) is 0 Å². The molecule has 5 heteroatoms. The Bertz CT molecular complexity index is 276. The van der Waals surface area contributed by atoms with E-state index >= 15 is 0 Å². The summed E-state index contributed by atoms with van der Waals surface area (Å²) < 4.78 is 22.8. The Kier molecular flexibility index (Phi) is 5.02. The highest BCUT2D eigenvalue weighted by Gasteiger charge is 2.28. The summed E-state index contributed by atoms with van der Waals surface area (Å²) >= 11 is 0. The lowest BCUT2D eigenvalue weighted by atomic mass is 9.95. The van der Waals surface area contributed by atoms with Gasteiger partial charge in [0, 0.05) is 18.9 Å². The first-order chi connectivity index (χ1) is 7.04. The lowest BCUT2D eigenvalue weighted by Gasteiger charge is -2.28. The fraction of sp³-hybridized carbons (Fsp3) is 1.00. The minimum absolute atomic E-state index is 0.169. The molecule has 4 nitrogen and oxygen atoms in total. The van der Waals surface area contributed by atoms with E-state index in [0.717, 1.165) is 38.6 Å². The van der Waals surface area contributed by atoms with Crippen molar-refractivity contribution in [3.8, 4) is 0 Å². The average Bonchev–Trinajstić information content (AvgIpc) is 2.17. The second kappa shape index (κ2) is 5.82. The summed E-state index contributed by atoms with van der Waals surface area (Å²) in [6.45, 7) is 0.965. The van der Waals surface area contributed by atoms with Gasteiger partial charge in [-0.3, -0.25) is 0 Å². The van der Waals surface area contributed by atoms with Crippen LogP contribution in [0.2, 0.25) is 0 Å². The summed E-state index contributed by atoms with van der Waals surface area (Å²) in [5.41, 5.74) is 0. The zero-order valence-electron chi connectivity index (χ0n) is 9.28. The zero-order chi connectivity index (χ0) is 11.3. The van der Waals surface area contributed by atoms with Crippen molar-refractivity contribution >= 4 is 9.84 Å². The van der Waals surface area contributed by atoms with E-state index < -0.39 is 9.84 Å². The van der Waals surface area contributed by atoms with Gasteiger partial charge in [0.2, 0.25) is 0 Å². The standard InChI is InChI=1S/C10H21NO3S/c1-15(13,14)10-5-2-4-9(8-10)11-6-3-7-12/h9-12H,2-8H2,1H3. The SMILES string of the molecule is CS(=O)(=O)C1CCCC(NCCCO)C1. The summed E-state index contributed by atoms with van der Waals surface area (Å²) in [4.78, 5) is 0. The minimum atomic E-state index is -2.88. The van der Waals surface area contributed by atoms with Crippen molar-refractivity contribution in [2.75, 3.05) is 19.4 Å². The molecule has 0 saturated heterocycles. The molecule has 2 N–H and O–H groups in total. The molecule has 0 aromatic rings. The normalized spacial score (nSPS) is 27.9. The van der Waals surface area contributed by atoms with E-state index in [9.17, 15) is 8.42 Å². The van der Waals surface area contributed by atoms with Gasteiger partial charge in [0.05, 0.1) is 5.25 Å². The maximum absolute atomic E-state index is 11.4. The Hall–Kier alpha value is -0.130. The fourth-order valence-corrected chi connectivity index (χ4v) is 3.28. The highest BCUT2D eigenvalue weighted by Crippen LogP contribution is 2.23. The maximum atomic E-state index is 11.4. The smallest absolute Gasteiger partial charge is 0.150 e. The van der Waals surface area contributed by atoms with E-state index in [-0.39, 0.29) is 11.9 Å². The Labute approximate surface area is 92.0 Å². The first-order valence-corrected chi connectivity index (χ1v) is 7.52. The van der Waals surface area contributed by atoms with Crippen molar-refractivity contribution in [3.63, 3.8) is 0 Å². The molecule has 0 heterocycles. The van der Waals surface area contributed by atoms with Crippen LogP contribution in [0.15, 0.2) is 0 Å². The molecule has 0 aliphatic heterocycles. The van der Waals surface area contributed by atoms with E-state index in [2.05, 4.69) is 5.32 Å². The second-order valence-electron chi connectivity index (χ2n) is 4.35. The molecule has 1 rings (SSSR count). The molecule has 0 spiro atoms. The van der Waals surface area contributed by atoms with Crippen molar-refractivity contribution in [1.82, 2.24) is 5.32 Å². The average molecular weight is 235 g/mol. The number of rotatable bonds is 5. The Balaban J connectivity index is 2.36. The lowest BCUT2D eigenvalue weighted by Crippen LogP contribution is -2.39. The molecule has 90 valence electrons. The van der Waals surface area contributed by atoms with Crippen LogP contribution in [0.5, 0.6) is 0 Å². The molecule has 15 heavy (non-hydrogen) atoms. The van der Waals surface area contributed by atoms with E-state index in [1.165, 1.54) is 6.26 Å². The monoisotopic (exact) mass is 235 g/mol. The summed E-state index contributed by atoms with van der Waals surface area (Å²) in [7, 11) is -2.88. The van der Waals surface area contributed by atoms with Gasteiger partial charge in [-0.25, -0.2) is 8.42 Å². The van der Waals surface area contributed by atoms with Crippen molar-refractivity contribution in [3.05, 3.63) is 0 Å². The Morgan fingerprint density at radius 2 is 2.13 bits per heavy atom. The number of nitrogens with one attached hydrogen (secondary N) is 1. The predicted octanol–water partition coefficient (Wildman–Crippen LogP) is 0.314. The van der Waals surface area contributed by atoms with E-state index in [1.54, 1.807) is 0 Å². The van der Waals surface area contributed by atoms with E-state index in [0.29, 0.717) is 6.04 Å². The van der Waals surface area contributed by atoms with Crippen LogP contribution in [-0.2, 0) is 9.84 Å². The van der Waals surface area contributed by atoms with Crippen LogP contribution in [0.3, 0.4) is 0 Å². The molecule has 2 unspecified atom stereocenters. The maximum Gasteiger partial charge on any atom is 0.150 e. The van der Waals surface area contributed by atoms with Crippen LogP contribution in [0.4, 0.5) is 0 Å². The first-order valence-electron chi connectivity index (χ1n) is 5.57. The predicted molar refractivity (Wildman–Crippen MR) is 60.6 cm³/mol. The topological polar surface area (TPSA) is 66.4 Å². The molecule has 0 aromatic heterocycles. The fourth-order valence-electron chi connectivity index (χ4n) is 2.10. The van der Waals surface area contributed by atoms with Crippen LogP contribution < -0.4 is 5.32 Å². The number of hydrogen-bond acceptors (Lipinski definition) is 4. The van der Waals surface area contributed by atoms with E-state index in [1.807, 2.05) is 0 Å². The third kappa shape index (κ3) is 4.49. The quantitative estimate of drug-likeness (QED) is 0.673. The van der Waals surface area contributed by atoms with Gasteiger partial charge >= 0.3 is 0 Å². The lowest BCUT2D eigenvalue weighted by molar-refractivity contribution is 0.277. The zero-order valence-corrected chi connectivity index (χ0v) is 10.1. The number of aliphatic hydroxyl groups excluding tert-OH is 1. The molecule has 0 bridgehead atoms. The van der Waals surface area contributed by atoms with Gasteiger partial charge in [-0.2, -0.15) is 0 Å². The summed E-state index contributed by atoms with van der Waals surface area (Å²) in [5.74, 6) is 0. The molecule has 0 aromatic carbocycles. The van der Waals surface area contributed by atoms with Crippen LogP contribution >= 0.6 is 0 Å². The molecule has 1 aliphatic rings. The van der Waals surface area contributed by atoms with Crippen molar-refractivity contribution in [2.24, 2.45) is 0 Å². The molecule has 0 radical (unpaired) electrons. The van der Waals surface area contributed by atoms with Crippen molar-refractivity contribution < 1.29 is 13.5 Å². The molecule has 1 aliphatic carbocycles. The minimum Gasteiger partial charge on any atom is -0.396 e. The Morgan fingerprint density at radius 3 is 2.73 bits per heavy atom. The van der Waals surface area contributed by atoms with Gasteiger partial charge in [0.15, 0.2) is 0 Å². The van der Waals surface area contributed by atoms with Gasteiger partial charge in [-0.05, 0) is 32.2 Å². The number of aliphatic hydroxyl groups is 1. The third-order valence-corrected chi connectivity index (χ3v) is 4.64. The van der Waals surface area contributed by atoms with Crippen molar-refractivity contribution in [2.45, 2.75) is 43.4 Å². The summed E-state index contributed by atoms with van der Waals surface area (Å²) in [6.07, 6.45) is 5.63. The largest absolute Gasteiger partial charge is 0.396 e. The molecular weight excluding hydrogens is 214 g/mol. The summed E-state index contributed by atoms with van der Waals surface area (Å²) in [6, 6.07) is 0.310. The number of sulfone groups is 1. The highest BCUT2D eigenvalue weighted by atomic mass is 32.2. The highest BCUT2D eigenvalue weighted by molar-refractivity contribution is 7.91. The van der Waals surface area contributed by atoms with Crippen LogP contribution in [0.1, 0.15) is 32.1 Å². The summed E-state index contributed by atoms with van der Waals surface area (Å²) in [5, 5.41) is 11.8. The first kappa shape index (κ1) is 12.9. The Morgan fingerprint density at radius 1 is 1.40 bits per heavy atom. The van der Waals surface area contributed by atoms with Crippen LogP contribution in [-0.4, -0.2) is 44.2 Å². The third-order valence-electron chi connectivity index (χ3n) is 3.00. The number of hydrogen-bond donors (Lipinski definition) is 2. The van der Waals surface area contributed by atoms with Gasteiger partial charge in [-0.15, -0.1) is 0 Å². The van der Waals surface area contributed by atoms with Gasteiger partial charge in [-0.1, -0.05) is 6.42 Å². The molecule has 1 fully saturated rings. The second-order valence-corrected chi connectivity index (χ2v) is 6.67. The van der Waals surface area contributed by atoms with E-state index in [4.69, 9.17) is 5.11 Å². The van der Waals surface area contributed by atoms with Gasteiger partial charge in [0.1, 0.15) is 9.84 Å². The molecule has 0 amide bonds. The van der Waals surface area contributed by atoms with Gasteiger partial charge < -0.3 is 10.4 Å². The molecule has 1 saturated carbocycles. The molecular formula is C10H21NO3S. The van der Waals surface area contributed by atoms with Crippen LogP contribution in [0, 0.1) is 0 Å². The molecule has 2 atom stereocenters. The van der Waals surface area contributed by atoms with Crippen molar-refractivity contribution in [1.29, 1.82) is 0 Å².